The highest BCUT2D eigenvalue weighted by Gasteiger charge is 2.29. The van der Waals surface area contributed by atoms with Gasteiger partial charge in [-0.25, -0.2) is 9.37 Å². The van der Waals surface area contributed by atoms with Gasteiger partial charge in [-0.3, -0.25) is 4.79 Å². The summed E-state index contributed by atoms with van der Waals surface area (Å²) in [6.07, 6.45) is 0. The van der Waals surface area contributed by atoms with E-state index in [-0.39, 0.29) is 17.5 Å². The topological polar surface area (TPSA) is 113 Å². The van der Waals surface area contributed by atoms with Gasteiger partial charge in [-0.1, -0.05) is 0 Å². The molecule has 1 aromatic heterocycles. The number of methoxy groups -OCH3 is 1. The van der Waals surface area contributed by atoms with Crippen molar-refractivity contribution in [3.05, 3.63) is 60.4 Å². The molecule has 1 atom stereocenters. The number of nitrogens with zero attached hydrogens (tertiary/aromatic N) is 2. The predicted octanol–water partition coefficient (Wildman–Crippen LogP) is 2.60. The number of nitrogens with two attached hydrogens (primary N) is 1. The van der Waals surface area contributed by atoms with Crippen LogP contribution in [0, 0.1) is 5.82 Å². The van der Waals surface area contributed by atoms with E-state index >= 15 is 0 Å². The van der Waals surface area contributed by atoms with Crippen molar-refractivity contribution < 1.29 is 19.0 Å². The Balaban J connectivity index is 1.63. The number of ether oxygens (including phenoxy) is 1. The zero-order chi connectivity index (χ0) is 22.7. The van der Waals surface area contributed by atoms with E-state index in [0.717, 1.165) is 11.3 Å². The Morgan fingerprint density at radius 2 is 2.03 bits per heavy atom. The number of aromatic hydroxyl groups is 1. The molecule has 2 aromatic carbocycles. The summed E-state index contributed by atoms with van der Waals surface area (Å²) in [5.41, 5.74) is 8.68. The number of amides is 1. The van der Waals surface area contributed by atoms with Crippen molar-refractivity contribution >= 4 is 23.1 Å². The molecule has 2 heterocycles. The molecule has 1 aliphatic heterocycles. The number of anilines is 3. The average molecular weight is 437 g/mol. The first kappa shape index (κ1) is 21.4. The van der Waals surface area contributed by atoms with Crippen molar-refractivity contribution in [3.8, 4) is 22.8 Å². The number of carbonyl (C=O) groups is 1. The molecule has 32 heavy (non-hydrogen) atoms. The maximum atomic E-state index is 13.2. The highest BCUT2D eigenvalue weighted by atomic mass is 19.1. The number of nitrogen functional groups attached to an aromatic ring is 1. The fourth-order valence-electron chi connectivity index (χ4n) is 3.69. The summed E-state index contributed by atoms with van der Waals surface area (Å²) >= 11 is 0. The SMILES string of the molecule is COc1cc(-c2cc(N3CCNCC3C(=O)Nc3ccc(F)cc3)cc(N)n2)ccc1O. The lowest BCUT2D eigenvalue weighted by Crippen LogP contribution is -2.56. The third-order valence-electron chi connectivity index (χ3n) is 5.29. The number of phenolic OH excluding ortho intramolecular Hbond substituents is 1. The number of hydrogen-bond acceptors (Lipinski definition) is 7. The molecule has 3 aromatic rings. The standard InChI is InChI=1S/C23H24FN5O3/c1-32-21-10-14(2-7-20(21)30)18-11-17(12-22(25)28-18)29-9-8-26-13-19(29)23(31)27-16-5-3-15(24)4-6-16/h2-7,10-12,19,26,30H,8-9,13H2,1H3,(H2,25,28)(H,27,31). The molecule has 9 heteroatoms. The largest absolute Gasteiger partial charge is 0.504 e. The summed E-state index contributed by atoms with van der Waals surface area (Å²) in [5.74, 6) is 0.0782. The van der Waals surface area contributed by atoms with Crippen LogP contribution in [0.15, 0.2) is 54.6 Å². The predicted molar refractivity (Wildman–Crippen MR) is 121 cm³/mol. The third-order valence-corrected chi connectivity index (χ3v) is 5.29. The molecule has 0 saturated carbocycles. The average Bonchev–Trinajstić information content (AvgIpc) is 2.80. The maximum Gasteiger partial charge on any atom is 0.248 e. The summed E-state index contributed by atoms with van der Waals surface area (Å²) in [6.45, 7) is 1.73. The number of benzene rings is 2. The van der Waals surface area contributed by atoms with Gasteiger partial charge in [-0.05, 0) is 48.5 Å². The zero-order valence-electron chi connectivity index (χ0n) is 17.5. The van der Waals surface area contributed by atoms with Crippen molar-refractivity contribution in [1.29, 1.82) is 0 Å². The number of pyridine rings is 1. The van der Waals surface area contributed by atoms with Crippen molar-refractivity contribution in [2.24, 2.45) is 0 Å². The van der Waals surface area contributed by atoms with Crippen LogP contribution in [0.2, 0.25) is 0 Å². The van der Waals surface area contributed by atoms with Crippen LogP contribution in [0.1, 0.15) is 0 Å². The fourth-order valence-corrected chi connectivity index (χ4v) is 3.69. The number of rotatable bonds is 5. The number of phenols is 1. The molecule has 0 aliphatic carbocycles. The molecule has 5 N–H and O–H groups in total. The van der Waals surface area contributed by atoms with E-state index in [1.54, 1.807) is 18.2 Å². The van der Waals surface area contributed by atoms with Gasteiger partial charge in [0.2, 0.25) is 5.91 Å². The van der Waals surface area contributed by atoms with E-state index in [1.165, 1.54) is 37.4 Å². The van der Waals surface area contributed by atoms with Crippen molar-refractivity contribution in [1.82, 2.24) is 10.3 Å². The van der Waals surface area contributed by atoms with Crippen LogP contribution >= 0.6 is 0 Å². The number of hydrogen-bond donors (Lipinski definition) is 4. The fraction of sp³-hybridized carbons (Fsp3) is 0.217. The monoisotopic (exact) mass is 437 g/mol. The van der Waals surface area contributed by atoms with Gasteiger partial charge in [0, 0.05) is 42.6 Å². The van der Waals surface area contributed by atoms with E-state index in [9.17, 15) is 14.3 Å². The minimum Gasteiger partial charge on any atom is -0.504 e. The lowest BCUT2D eigenvalue weighted by Gasteiger charge is -2.37. The van der Waals surface area contributed by atoms with Crippen molar-refractivity contribution in [3.63, 3.8) is 0 Å². The minimum atomic E-state index is -0.502. The normalized spacial score (nSPS) is 15.9. The number of aromatic nitrogens is 1. The Kier molecular flexibility index (Phi) is 6.09. The van der Waals surface area contributed by atoms with Gasteiger partial charge in [-0.15, -0.1) is 0 Å². The lowest BCUT2D eigenvalue weighted by molar-refractivity contribution is -0.117. The first-order chi connectivity index (χ1) is 15.4. The van der Waals surface area contributed by atoms with Crippen LogP contribution in [0.5, 0.6) is 11.5 Å². The Bertz CT molecular complexity index is 1120. The van der Waals surface area contributed by atoms with E-state index in [4.69, 9.17) is 10.5 Å². The quantitative estimate of drug-likeness (QED) is 0.485. The molecule has 1 fully saturated rings. The van der Waals surface area contributed by atoms with E-state index in [0.29, 0.717) is 42.6 Å². The molecule has 0 radical (unpaired) electrons. The van der Waals surface area contributed by atoms with Crippen LogP contribution in [-0.2, 0) is 4.79 Å². The van der Waals surface area contributed by atoms with Gasteiger partial charge in [0.15, 0.2) is 11.5 Å². The molecule has 0 spiro atoms. The summed E-state index contributed by atoms with van der Waals surface area (Å²) in [4.78, 5) is 19.4. The first-order valence-corrected chi connectivity index (χ1v) is 10.1. The Hall–Kier alpha value is -3.85. The van der Waals surface area contributed by atoms with Crippen LogP contribution < -0.4 is 26.0 Å². The van der Waals surface area contributed by atoms with Gasteiger partial charge in [-0.2, -0.15) is 0 Å². The van der Waals surface area contributed by atoms with E-state index in [1.807, 2.05) is 11.0 Å². The maximum absolute atomic E-state index is 13.2. The Morgan fingerprint density at radius 3 is 2.78 bits per heavy atom. The summed E-state index contributed by atoms with van der Waals surface area (Å²) in [5, 5.41) is 16.0. The zero-order valence-corrected chi connectivity index (χ0v) is 17.5. The van der Waals surface area contributed by atoms with Crippen LogP contribution in [0.25, 0.3) is 11.3 Å². The van der Waals surface area contributed by atoms with Gasteiger partial charge < -0.3 is 31.1 Å². The van der Waals surface area contributed by atoms with E-state index < -0.39 is 6.04 Å². The molecular formula is C23H24FN5O3. The Labute approximate surface area is 184 Å². The summed E-state index contributed by atoms with van der Waals surface area (Å²) in [7, 11) is 1.47. The van der Waals surface area contributed by atoms with Gasteiger partial charge >= 0.3 is 0 Å². The first-order valence-electron chi connectivity index (χ1n) is 10.1. The number of piperazine rings is 1. The molecule has 4 rings (SSSR count). The molecule has 166 valence electrons. The van der Waals surface area contributed by atoms with Crippen molar-refractivity contribution in [2.45, 2.75) is 6.04 Å². The number of carbonyl (C=O) groups excluding carboxylic acids is 1. The second-order valence-electron chi connectivity index (χ2n) is 7.43. The number of halogens is 1. The second kappa shape index (κ2) is 9.11. The molecule has 0 bridgehead atoms. The van der Waals surface area contributed by atoms with Gasteiger partial charge in [0.1, 0.15) is 17.7 Å². The van der Waals surface area contributed by atoms with Crippen LogP contribution in [0.3, 0.4) is 0 Å². The molecule has 1 unspecified atom stereocenters. The smallest absolute Gasteiger partial charge is 0.248 e. The second-order valence-corrected chi connectivity index (χ2v) is 7.43. The van der Waals surface area contributed by atoms with E-state index in [2.05, 4.69) is 15.6 Å². The summed E-state index contributed by atoms with van der Waals surface area (Å²) < 4.78 is 18.4. The molecule has 8 nitrogen and oxygen atoms in total. The Morgan fingerprint density at radius 1 is 1.25 bits per heavy atom. The van der Waals surface area contributed by atoms with Crippen LogP contribution in [0.4, 0.5) is 21.6 Å². The van der Waals surface area contributed by atoms with Gasteiger partial charge in [0.05, 0.1) is 12.8 Å². The molecule has 1 saturated heterocycles. The minimum absolute atomic E-state index is 0.0278. The molecule has 1 amide bonds. The summed E-state index contributed by atoms with van der Waals surface area (Å²) in [6, 6.07) is 13.7. The van der Waals surface area contributed by atoms with Gasteiger partial charge in [0.25, 0.3) is 0 Å². The third kappa shape index (κ3) is 4.57. The lowest BCUT2D eigenvalue weighted by atomic mass is 10.1. The highest BCUT2D eigenvalue weighted by molar-refractivity contribution is 5.97. The van der Waals surface area contributed by atoms with Crippen molar-refractivity contribution in [2.75, 3.05) is 42.7 Å². The van der Waals surface area contributed by atoms with Crippen LogP contribution in [-0.4, -0.2) is 48.8 Å². The number of nitrogens with one attached hydrogen (secondary N) is 2. The molecular weight excluding hydrogens is 413 g/mol. The highest BCUT2D eigenvalue weighted by Crippen LogP contribution is 2.33. The molecule has 1 aliphatic rings.